The second-order valence-corrected chi connectivity index (χ2v) is 5.39. The molecule has 0 aliphatic heterocycles. The third-order valence-electron chi connectivity index (χ3n) is 2.85. The van der Waals surface area contributed by atoms with E-state index in [1.807, 2.05) is 0 Å². The second kappa shape index (κ2) is 7.50. The van der Waals surface area contributed by atoms with Gasteiger partial charge in [0, 0.05) is 5.56 Å². The van der Waals surface area contributed by atoms with Crippen LogP contribution in [0.5, 0.6) is 5.75 Å². The molecule has 0 saturated carbocycles. The highest BCUT2D eigenvalue weighted by molar-refractivity contribution is 7.80. The van der Waals surface area contributed by atoms with Gasteiger partial charge in [-0.1, -0.05) is 23.7 Å². The van der Waals surface area contributed by atoms with Gasteiger partial charge in [0.25, 0.3) is 0 Å². The van der Waals surface area contributed by atoms with Crippen LogP contribution in [0.2, 0.25) is 5.02 Å². The molecule has 0 atom stereocenters. The number of phenols is 1. The standard InChI is InChI=1S/C15H11ClF3N3OS/c16-11-6-5-10(15(17,18)19)7-12(11)21-14(24)22-20-8-9-3-1-2-4-13(9)23/h1-8,23H,(H2,21,22,24). The molecule has 0 amide bonds. The molecule has 126 valence electrons. The average Bonchev–Trinajstić information content (AvgIpc) is 2.50. The molecular weight excluding hydrogens is 363 g/mol. The van der Waals surface area contributed by atoms with E-state index in [-0.39, 0.29) is 21.6 Å². The van der Waals surface area contributed by atoms with Crippen LogP contribution in [0.3, 0.4) is 0 Å². The first kappa shape index (κ1) is 18.0. The molecule has 0 saturated heterocycles. The number of aromatic hydroxyl groups is 1. The maximum absolute atomic E-state index is 12.7. The van der Waals surface area contributed by atoms with Crippen LogP contribution in [0.25, 0.3) is 0 Å². The molecule has 9 heteroatoms. The Hall–Kier alpha value is -2.32. The smallest absolute Gasteiger partial charge is 0.416 e. The van der Waals surface area contributed by atoms with Gasteiger partial charge in [0.2, 0.25) is 0 Å². The number of hydrogen-bond acceptors (Lipinski definition) is 3. The highest BCUT2D eigenvalue weighted by Crippen LogP contribution is 2.33. The van der Waals surface area contributed by atoms with Crippen LogP contribution >= 0.6 is 23.8 Å². The van der Waals surface area contributed by atoms with Crippen molar-refractivity contribution in [3.63, 3.8) is 0 Å². The third-order valence-corrected chi connectivity index (χ3v) is 3.37. The van der Waals surface area contributed by atoms with E-state index in [9.17, 15) is 18.3 Å². The molecule has 0 bridgehead atoms. The van der Waals surface area contributed by atoms with Crippen LogP contribution in [0.4, 0.5) is 18.9 Å². The van der Waals surface area contributed by atoms with Crippen LogP contribution in [-0.4, -0.2) is 16.4 Å². The molecule has 0 fully saturated rings. The molecule has 2 rings (SSSR count). The van der Waals surface area contributed by atoms with Gasteiger partial charge >= 0.3 is 6.18 Å². The van der Waals surface area contributed by atoms with Crippen molar-refractivity contribution in [2.45, 2.75) is 6.18 Å². The summed E-state index contributed by atoms with van der Waals surface area (Å²) in [5.74, 6) is 0.0304. The fraction of sp³-hybridized carbons (Fsp3) is 0.0667. The zero-order valence-corrected chi connectivity index (χ0v) is 13.5. The number of nitrogens with zero attached hydrogens (tertiary/aromatic N) is 1. The Kier molecular flexibility index (Phi) is 5.63. The van der Waals surface area contributed by atoms with Gasteiger partial charge in [-0.25, -0.2) is 0 Å². The van der Waals surface area contributed by atoms with Gasteiger partial charge in [-0.3, -0.25) is 5.43 Å². The molecule has 2 aromatic carbocycles. The average molecular weight is 374 g/mol. The molecule has 0 radical (unpaired) electrons. The highest BCUT2D eigenvalue weighted by Gasteiger charge is 2.31. The topological polar surface area (TPSA) is 56.7 Å². The number of hydrogen-bond donors (Lipinski definition) is 3. The van der Waals surface area contributed by atoms with Crippen molar-refractivity contribution in [3.05, 3.63) is 58.6 Å². The lowest BCUT2D eigenvalue weighted by molar-refractivity contribution is -0.137. The van der Waals surface area contributed by atoms with Crippen LogP contribution < -0.4 is 10.7 Å². The summed E-state index contributed by atoms with van der Waals surface area (Å²) >= 11 is 10.8. The van der Waals surface area contributed by atoms with E-state index in [4.69, 9.17) is 23.8 Å². The molecule has 0 aromatic heterocycles. The van der Waals surface area contributed by atoms with Gasteiger partial charge in [-0.05, 0) is 42.5 Å². The number of nitrogens with one attached hydrogen (secondary N) is 2. The Morgan fingerprint density at radius 2 is 1.92 bits per heavy atom. The van der Waals surface area contributed by atoms with Crippen molar-refractivity contribution >= 4 is 40.8 Å². The fourth-order valence-electron chi connectivity index (χ4n) is 1.70. The molecule has 0 aliphatic rings. The molecule has 24 heavy (non-hydrogen) atoms. The number of hydrazone groups is 1. The quantitative estimate of drug-likeness (QED) is 0.424. The summed E-state index contributed by atoms with van der Waals surface area (Å²) < 4.78 is 38.1. The Balaban J connectivity index is 2.04. The Bertz CT molecular complexity index is 781. The summed E-state index contributed by atoms with van der Waals surface area (Å²) in [6, 6.07) is 9.33. The zero-order chi connectivity index (χ0) is 17.7. The van der Waals surface area contributed by atoms with E-state index in [0.717, 1.165) is 18.2 Å². The number of rotatable bonds is 3. The molecule has 0 unspecified atom stereocenters. The van der Waals surface area contributed by atoms with Crippen LogP contribution in [0.15, 0.2) is 47.6 Å². The van der Waals surface area contributed by atoms with E-state index in [2.05, 4.69) is 15.8 Å². The summed E-state index contributed by atoms with van der Waals surface area (Å²) in [4.78, 5) is 0. The first-order valence-electron chi connectivity index (χ1n) is 6.52. The van der Waals surface area contributed by atoms with Crippen molar-refractivity contribution in [1.82, 2.24) is 5.43 Å². The van der Waals surface area contributed by atoms with Crippen molar-refractivity contribution < 1.29 is 18.3 Å². The minimum Gasteiger partial charge on any atom is -0.507 e. The van der Waals surface area contributed by atoms with Crippen LogP contribution in [0.1, 0.15) is 11.1 Å². The van der Waals surface area contributed by atoms with Crippen molar-refractivity contribution in [1.29, 1.82) is 0 Å². The van der Waals surface area contributed by atoms with Gasteiger partial charge in [0.1, 0.15) is 5.75 Å². The van der Waals surface area contributed by atoms with Gasteiger partial charge in [0.05, 0.1) is 22.5 Å². The highest BCUT2D eigenvalue weighted by atomic mass is 35.5. The number of anilines is 1. The lowest BCUT2D eigenvalue weighted by Gasteiger charge is -2.12. The Morgan fingerprint density at radius 1 is 1.21 bits per heavy atom. The molecule has 0 spiro atoms. The summed E-state index contributed by atoms with van der Waals surface area (Å²) in [5, 5.41) is 15.9. The molecule has 3 N–H and O–H groups in total. The molecule has 0 heterocycles. The van der Waals surface area contributed by atoms with Crippen molar-refractivity contribution in [3.8, 4) is 5.75 Å². The third kappa shape index (κ3) is 4.84. The van der Waals surface area contributed by atoms with Crippen LogP contribution in [-0.2, 0) is 6.18 Å². The maximum atomic E-state index is 12.7. The molecular formula is C15H11ClF3N3OS. The van der Waals surface area contributed by atoms with E-state index < -0.39 is 11.7 Å². The number of para-hydroxylation sites is 1. The minimum atomic E-state index is -4.49. The monoisotopic (exact) mass is 373 g/mol. The normalized spacial score (nSPS) is 11.5. The predicted molar refractivity (Wildman–Crippen MR) is 91.5 cm³/mol. The summed E-state index contributed by atoms with van der Waals surface area (Å²) in [7, 11) is 0. The number of phenolic OH excluding ortho intramolecular Hbond substituents is 1. The zero-order valence-electron chi connectivity index (χ0n) is 11.9. The molecule has 0 aliphatic carbocycles. The van der Waals surface area contributed by atoms with E-state index >= 15 is 0 Å². The summed E-state index contributed by atoms with van der Waals surface area (Å²) in [6.45, 7) is 0. The first-order valence-corrected chi connectivity index (χ1v) is 7.31. The molecule has 4 nitrogen and oxygen atoms in total. The number of alkyl halides is 3. The fourth-order valence-corrected chi connectivity index (χ4v) is 2.03. The number of halogens is 4. The predicted octanol–water partition coefficient (Wildman–Crippen LogP) is 4.38. The SMILES string of the molecule is Oc1ccccc1C=NNC(=S)Nc1cc(C(F)(F)F)ccc1Cl. The van der Waals surface area contributed by atoms with Crippen LogP contribution in [0, 0.1) is 0 Å². The Labute approximate surface area is 146 Å². The lowest BCUT2D eigenvalue weighted by atomic mass is 10.2. The molecule has 2 aromatic rings. The van der Waals surface area contributed by atoms with Crippen molar-refractivity contribution in [2.24, 2.45) is 5.10 Å². The Morgan fingerprint density at radius 3 is 2.58 bits per heavy atom. The van der Waals surface area contributed by atoms with Gasteiger partial charge < -0.3 is 10.4 Å². The van der Waals surface area contributed by atoms with E-state index in [1.165, 1.54) is 12.3 Å². The van der Waals surface area contributed by atoms with E-state index in [1.54, 1.807) is 18.2 Å². The van der Waals surface area contributed by atoms with Crippen molar-refractivity contribution in [2.75, 3.05) is 5.32 Å². The van der Waals surface area contributed by atoms with Gasteiger partial charge in [-0.2, -0.15) is 18.3 Å². The minimum absolute atomic E-state index is 0.00162. The van der Waals surface area contributed by atoms with E-state index in [0.29, 0.717) is 5.56 Å². The number of thiocarbonyl (C=S) groups is 1. The largest absolute Gasteiger partial charge is 0.507 e. The summed E-state index contributed by atoms with van der Waals surface area (Å²) in [6.07, 6.45) is -3.17. The first-order chi connectivity index (χ1) is 11.3. The summed E-state index contributed by atoms with van der Waals surface area (Å²) in [5.41, 5.74) is 2.03. The number of benzene rings is 2. The van der Waals surface area contributed by atoms with Gasteiger partial charge in [-0.15, -0.1) is 0 Å². The second-order valence-electron chi connectivity index (χ2n) is 4.58. The van der Waals surface area contributed by atoms with Gasteiger partial charge in [0.15, 0.2) is 5.11 Å². The lowest BCUT2D eigenvalue weighted by Crippen LogP contribution is -2.24. The maximum Gasteiger partial charge on any atom is 0.416 e.